The number of methoxy groups -OCH3 is 1. The van der Waals surface area contributed by atoms with E-state index in [1.165, 1.54) is 0 Å². The van der Waals surface area contributed by atoms with Crippen molar-refractivity contribution in [3.05, 3.63) is 22.7 Å². The quantitative estimate of drug-likeness (QED) is 0.822. The Hall–Kier alpha value is -0.630. The van der Waals surface area contributed by atoms with E-state index in [-0.39, 0.29) is 6.04 Å². The zero-order chi connectivity index (χ0) is 14.9. The number of hydrogen-bond donors (Lipinski definition) is 0. The minimum Gasteiger partial charge on any atom is -0.496 e. The van der Waals surface area contributed by atoms with E-state index in [4.69, 9.17) is 4.74 Å². The van der Waals surface area contributed by atoms with Gasteiger partial charge in [0.25, 0.3) is 0 Å². The second-order valence-corrected chi connectivity index (χ2v) is 7.78. The summed E-state index contributed by atoms with van der Waals surface area (Å²) in [5.41, 5.74) is 0. The minimum absolute atomic E-state index is 0.222. The number of sulfonamides is 1. The van der Waals surface area contributed by atoms with Gasteiger partial charge in [0.15, 0.2) is 0 Å². The molecule has 2 rings (SSSR count). The average molecular weight is 363 g/mol. The molecule has 1 fully saturated rings. The van der Waals surface area contributed by atoms with E-state index in [0.717, 1.165) is 6.54 Å². The van der Waals surface area contributed by atoms with Crippen LogP contribution in [0.1, 0.15) is 6.92 Å². The maximum absolute atomic E-state index is 12.6. The van der Waals surface area contributed by atoms with Crippen LogP contribution in [-0.4, -0.2) is 57.5 Å². The van der Waals surface area contributed by atoms with Crippen molar-refractivity contribution in [3.63, 3.8) is 0 Å². The molecule has 0 aromatic heterocycles. The second kappa shape index (κ2) is 6.01. The Balaban J connectivity index is 2.29. The normalized spacial score (nSPS) is 21.9. The van der Waals surface area contributed by atoms with Gasteiger partial charge in [0.1, 0.15) is 5.75 Å². The maximum Gasteiger partial charge on any atom is 0.243 e. The Labute approximate surface area is 128 Å². The summed E-state index contributed by atoms with van der Waals surface area (Å²) >= 11 is 3.33. The summed E-state index contributed by atoms with van der Waals surface area (Å²) in [5, 5.41) is 0. The lowest BCUT2D eigenvalue weighted by atomic mass is 10.2. The summed E-state index contributed by atoms with van der Waals surface area (Å²) in [4.78, 5) is 2.46. The number of benzene rings is 1. The molecule has 1 unspecified atom stereocenters. The van der Waals surface area contributed by atoms with Gasteiger partial charge in [0.05, 0.1) is 16.5 Å². The van der Waals surface area contributed by atoms with Crippen molar-refractivity contribution >= 4 is 26.0 Å². The van der Waals surface area contributed by atoms with Gasteiger partial charge in [0, 0.05) is 25.7 Å². The van der Waals surface area contributed by atoms with Crippen LogP contribution < -0.4 is 4.74 Å². The first-order valence-electron chi connectivity index (χ1n) is 6.40. The molecule has 0 spiro atoms. The van der Waals surface area contributed by atoms with Gasteiger partial charge in [-0.1, -0.05) is 0 Å². The molecule has 7 heteroatoms. The number of piperazine rings is 1. The van der Waals surface area contributed by atoms with Crippen LogP contribution in [0.2, 0.25) is 0 Å². The first-order chi connectivity index (χ1) is 9.36. The first-order valence-corrected chi connectivity index (χ1v) is 8.63. The van der Waals surface area contributed by atoms with Crippen LogP contribution in [0.25, 0.3) is 0 Å². The molecule has 1 aromatic carbocycles. The van der Waals surface area contributed by atoms with Crippen LogP contribution in [0.15, 0.2) is 27.6 Å². The lowest BCUT2D eigenvalue weighted by Crippen LogP contribution is -2.51. The Bertz CT molecular complexity index is 591. The third-order valence-corrected chi connectivity index (χ3v) is 6.16. The highest BCUT2D eigenvalue weighted by atomic mass is 79.9. The van der Waals surface area contributed by atoms with Gasteiger partial charge in [-0.05, 0) is 48.1 Å². The van der Waals surface area contributed by atoms with Crippen LogP contribution in [0.5, 0.6) is 5.75 Å². The molecule has 1 aromatic rings. The number of hydrogen-bond acceptors (Lipinski definition) is 4. The lowest BCUT2D eigenvalue weighted by Gasteiger charge is -2.36. The van der Waals surface area contributed by atoms with E-state index >= 15 is 0 Å². The van der Waals surface area contributed by atoms with Crippen molar-refractivity contribution in [2.45, 2.75) is 17.9 Å². The van der Waals surface area contributed by atoms with Crippen LogP contribution in [0.3, 0.4) is 0 Å². The minimum atomic E-state index is -3.44. The molecule has 0 bridgehead atoms. The molecule has 0 saturated carbocycles. The van der Waals surface area contributed by atoms with Crippen LogP contribution in [0, 0.1) is 0 Å². The van der Waals surface area contributed by atoms with Crippen molar-refractivity contribution in [2.75, 3.05) is 33.8 Å². The fraction of sp³-hybridized carbons (Fsp3) is 0.538. The van der Waals surface area contributed by atoms with E-state index in [9.17, 15) is 8.42 Å². The molecule has 1 saturated heterocycles. The predicted octanol–water partition coefficient (Wildman–Crippen LogP) is 1.78. The zero-order valence-electron chi connectivity index (χ0n) is 11.8. The van der Waals surface area contributed by atoms with Gasteiger partial charge in [-0.2, -0.15) is 4.31 Å². The monoisotopic (exact) mass is 362 g/mol. The molecule has 1 aliphatic heterocycles. The van der Waals surface area contributed by atoms with Gasteiger partial charge < -0.3 is 9.64 Å². The van der Waals surface area contributed by atoms with Crippen molar-refractivity contribution in [1.29, 1.82) is 0 Å². The topological polar surface area (TPSA) is 49.9 Å². The molecule has 1 aliphatic rings. The van der Waals surface area contributed by atoms with Crippen molar-refractivity contribution in [2.24, 2.45) is 0 Å². The van der Waals surface area contributed by atoms with Crippen LogP contribution in [0.4, 0.5) is 0 Å². The standard InChI is InChI=1S/C13H19BrN2O3S/c1-10-9-16(7-6-15(10)2)20(17,18)11-4-5-13(19-3)12(14)8-11/h4-5,8,10H,6-7,9H2,1-3H3. The third-order valence-electron chi connectivity index (χ3n) is 3.68. The fourth-order valence-corrected chi connectivity index (χ4v) is 4.42. The molecule has 0 amide bonds. The molecule has 5 nitrogen and oxygen atoms in total. The summed E-state index contributed by atoms with van der Waals surface area (Å²) in [7, 11) is 0.120. The Kier molecular flexibility index (Phi) is 4.73. The Morgan fingerprint density at radius 3 is 2.60 bits per heavy atom. The van der Waals surface area contributed by atoms with E-state index in [1.807, 2.05) is 14.0 Å². The van der Waals surface area contributed by atoms with E-state index in [1.54, 1.807) is 29.6 Å². The highest BCUT2D eigenvalue weighted by molar-refractivity contribution is 9.10. The molecule has 1 atom stereocenters. The second-order valence-electron chi connectivity index (χ2n) is 4.99. The van der Waals surface area contributed by atoms with Gasteiger partial charge in [-0.3, -0.25) is 0 Å². The smallest absolute Gasteiger partial charge is 0.243 e. The van der Waals surface area contributed by atoms with E-state index in [0.29, 0.717) is 28.2 Å². The third kappa shape index (κ3) is 3.00. The summed E-state index contributed by atoms with van der Waals surface area (Å²) in [6.45, 7) is 3.82. The van der Waals surface area contributed by atoms with Gasteiger partial charge in [-0.15, -0.1) is 0 Å². The van der Waals surface area contributed by atoms with Gasteiger partial charge >= 0.3 is 0 Å². The largest absolute Gasteiger partial charge is 0.496 e. The summed E-state index contributed by atoms with van der Waals surface area (Å²) in [6, 6.07) is 5.07. The molecule has 1 heterocycles. The highest BCUT2D eigenvalue weighted by Gasteiger charge is 2.31. The molecular weight excluding hydrogens is 344 g/mol. The number of rotatable bonds is 3. The Morgan fingerprint density at radius 2 is 2.05 bits per heavy atom. The van der Waals surface area contributed by atoms with E-state index in [2.05, 4.69) is 20.8 Å². The molecule has 112 valence electrons. The summed E-state index contributed by atoms with van der Waals surface area (Å²) < 4.78 is 32.6. The SMILES string of the molecule is COc1ccc(S(=O)(=O)N2CCN(C)C(C)C2)cc1Br. The molecule has 0 aliphatic carbocycles. The lowest BCUT2D eigenvalue weighted by molar-refractivity contribution is 0.159. The van der Waals surface area contributed by atoms with Crippen LogP contribution in [-0.2, 0) is 10.0 Å². The van der Waals surface area contributed by atoms with Crippen LogP contribution >= 0.6 is 15.9 Å². The molecule has 0 N–H and O–H groups in total. The van der Waals surface area contributed by atoms with Crippen molar-refractivity contribution in [3.8, 4) is 5.75 Å². The molecule has 20 heavy (non-hydrogen) atoms. The summed E-state index contributed by atoms with van der Waals surface area (Å²) in [5.74, 6) is 0.621. The van der Waals surface area contributed by atoms with E-state index < -0.39 is 10.0 Å². The van der Waals surface area contributed by atoms with Gasteiger partial charge in [-0.25, -0.2) is 8.42 Å². The summed E-state index contributed by atoms with van der Waals surface area (Å²) in [6.07, 6.45) is 0. The average Bonchev–Trinajstić information content (AvgIpc) is 2.41. The predicted molar refractivity (Wildman–Crippen MR) is 81.5 cm³/mol. The number of likely N-dealkylation sites (N-methyl/N-ethyl adjacent to an activating group) is 1. The Morgan fingerprint density at radius 1 is 1.35 bits per heavy atom. The van der Waals surface area contributed by atoms with Gasteiger partial charge in [0.2, 0.25) is 10.0 Å². The maximum atomic E-state index is 12.6. The number of ether oxygens (including phenoxy) is 1. The highest BCUT2D eigenvalue weighted by Crippen LogP contribution is 2.29. The zero-order valence-corrected chi connectivity index (χ0v) is 14.2. The fourth-order valence-electron chi connectivity index (χ4n) is 2.19. The number of halogens is 1. The first kappa shape index (κ1) is 15.8. The molecule has 0 radical (unpaired) electrons. The number of nitrogens with zero attached hydrogens (tertiary/aromatic N) is 2. The van der Waals surface area contributed by atoms with Crippen molar-refractivity contribution in [1.82, 2.24) is 9.21 Å². The van der Waals surface area contributed by atoms with Crippen molar-refractivity contribution < 1.29 is 13.2 Å². The molecular formula is C13H19BrN2O3S.